The van der Waals surface area contributed by atoms with E-state index in [0.717, 1.165) is 18.0 Å². The predicted molar refractivity (Wildman–Crippen MR) is 93.3 cm³/mol. The molecule has 0 aliphatic carbocycles. The Bertz CT molecular complexity index is 473. The SMILES string of the molecule is CCC(=O)N(C)c1ccc(CC2CCN(C(C)C)CC2)cc1. The van der Waals surface area contributed by atoms with Crippen molar-refractivity contribution in [2.45, 2.75) is 52.5 Å². The summed E-state index contributed by atoms with van der Waals surface area (Å²) in [7, 11) is 1.85. The van der Waals surface area contributed by atoms with E-state index in [4.69, 9.17) is 0 Å². The van der Waals surface area contributed by atoms with Crippen molar-refractivity contribution < 1.29 is 4.79 Å². The van der Waals surface area contributed by atoms with E-state index in [1.54, 1.807) is 4.90 Å². The van der Waals surface area contributed by atoms with Gasteiger partial charge in [0.1, 0.15) is 0 Å². The Morgan fingerprint density at radius 2 is 1.82 bits per heavy atom. The van der Waals surface area contributed by atoms with Crippen LogP contribution < -0.4 is 4.90 Å². The monoisotopic (exact) mass is 302 g/mol. The molecule has 1 saturated heterocycles. The fourth-order valence-electron chi connectivity index (χ4n) is 3.24. The first-order valence-corrected chi connectivity index (χ1v) is 8.60. The van der Waals surface area contributed by atoms with Gasteiger partial charge in [0.25, 0.3) is 0 Å². The average Bonchev–Trinajstić information content (AvgIpc) is 2.54. The van der Waals surface area contributed by atoms with Crippen molar-refractivity contribution in [1.82, 2.24) is 4.90 Å². The second kappa shape index (κ2) is 7.77. The zero-order valence-corrected chi connectivity index (χ0v) is 14.5. The van der Waals surface area contributed by atoms with Crippen LogP contribution in [0.4, 0.5) is 5.69 Å². The Balaban J connectivity index is 1.88. The van der Waals surface area contributed by atoms with Gasteiger partial charge in [-0.3, -0.25) is 4.79 Å². The minimum Gasteiger partial charge on any atom is -0.316 e. The van der Waals surface area contributed by atoms with E-state index in [1.165, 1.54) is 31.5 Å². The molecule has 0 N–H and O–H groups in total. The fraction of sp³-hybridized carbons (Fsp3) is 0.632. The van der Waals surface area contributed by atoms with E-state index in [9.17, 15) is 4.79 Å². The lowest BCUT2D eigenvalue weighted by Crippen LogP contribution is -2.38. The molecular weight excluding hydrogens is 272 g/mol. The van der Waals surface area contributed by atoms with Gasteiger partial charge in [-0.2, -0.15) is 0 Å². The van der Waals surface area contributed by atoms with Crippen LogP contribution in [0.15, 0.2) is 24.3 Å². The van der Waals surface area contributed by atoms with Crippen LogP contribution in [0.3, 0.4) is 0 Å². The summed E-state index contributed by atoms with van der Waals surface area (Å²) in [5, 5.41) is 0. The zero-order valence-electron chi connectivity index (χ0n) is 14.5. The molecule has 0 atom stereocenters. The maximum atomic E-state index is 11.7. The molecule has 122 valence electrons. The maximum absolute atomic E-state index is 11.7. The van der Waals surface area contributed by atoms with Crippen LogP contribution in [-0.4, -0.2) is 37.0 Å². The first-order valence-electron chi connectivity index (χ1n) is 8.60. The zero-order chi connectivity index (χ0) is 16.1. The minimum absolute atomic E-state index is 0.161. The second-order valence-electron chi connectivity index (χ2n) is 6.75. The summed E-state index contributed by atoms with van der Waals surface area (Å²) in [6, 6.07) is 9.19. The Kier molecular flexibility index (Phi) is 6.01. The van der Waals surface area contributed by atoms with E-state index in [-0.39, 0.29) is 5.91 Å². The van der Waals surface area contributed by atoms with E-state index >= 15 is 0 Å². The van der Waals surface area contributed by atoms with Gasteiger partial charge in [0, 0.05) is 25.2 Å². The molecule has 22 heavy (non-hydrogen) atoms. The lowest BCUT2D eigenvalue weighted by atomic mass is 9.89. The number of nitrogens with zero attached hydrogens (tertiary/aromatic N) is 2. The number of carbonyl (C=O) groups excluding carboxylic acids is 1. The molecule has 1 heterocycles. The average molecular weight is 302 g/mol. The van der Waals surface area contributed by atoms with E-state index in [0.29, 0.717) is 12.5 Å². The molecule has 0 saturated carbocycles. The smallest absolute Gasteiger partial charge is 0.226 e. The first kappa shape index (κ1) is 17.0. The van der Waals surface area contributed by atoms with Gasteiger partial charge in [0.15, 0.2) is 0 Å². The predicted octanol–water partition coefficient (Wildman–Crippen LogP) is 3.72. The lowest BCUT2D eigenvalue weighted by Gasteiger charge is -2.34. The van der Waals surface area contributed by atoms with Crippen LogP contribution in [0, 0.1) is 5.92 Å². The highest BCUT2D eigenvalue weighted by molar-refractivity contribution is 5.92. The summed E-state index contributed by atoms with van der Waals surface area (Å²) in [6.45, 7) is 8.93. The summed E-state index contributed by atoms with van der Waals surface area (Å²) in [5.41, 5.74) is 2.38. The lowest BCUT2D eigenvalue weighted by molar-refractivity contribution is -0.118. The van der Waals surface area contributed by atoms with Gasteiger partial charge in [0.05, 0.1) is 0 Å². The number of rotatable bonds is 5. The number of benzene rings is 1. The third-order valence-electron chi connectivity index (χ3n) is 4.90. The number of anilines is 1. The molecule has 0 aromatic heterocycles. The third-order valence-corrected chi connectivity index (χ3v) is 4.90. The topological polar surface area (TPSA) is 23.6 Å². The number of likely N-dealkylation sites (tertiary alicyclic amines) is 1. The Morgan fingerprint density at radius 1 is 1.23 bits per heavy atom. The van der Waals surface area contributed by atoms with Gasteiger partial charge in [-0.1, -0.05) is 19.1 Å². The van der Waals surface area contributed by atoms with Crippen molar-refractivity contribution in [2.24, 2.45) is 5.92 Å². The van der Waals surface area contributed by atoms with Gasteiger partial charge < -0.3 is 9.80 Å². The summed E-state index contributed by atoms with van der Waals surface area (Å²) in [5.74, 6) is 0.963. The molecule has 2 rings (SSSR count). The highest BCUT2D eigenvalue weighted by Gasteiger charge is 2.21. The fourth-order valence-corrected chi connectivity index (χ4v) is 3.24. The van der Waals surface area contributed by atoms with Gasteiger partial charge in [0.2, 0.25) is 5.91 Å². The summed E-state index contributed by atoms with van der Waals surface area (Å²) >= 11 is 0. The van der Waals surface area contributed by atoms with Crippen molar-refractivity contribution >= 4 is 11.6 Å². The Hall–Kier alpha value is -1.35. The summed E-state index contributed by atoms with van der Waals surface area (Å²) in [4.78, 5) is 16.0. The van der Waals surface area contributed by atoms with Crippen molar-refractivity contribution in [2.75, 3.05) is 25.0 Å². The molecule has 1 aromatic rings. The minimum atomic E-state index is 0.161. The van der Waals surface area contributed by atoms with Crippen molar-refractivity contribution in [3.05, 3.63) is 29.8 Å². The Labute approximate surface area is 135 Å². The number of carbonyl (C=O) groups is 1. The molecule has 0 bridgehead atoms. The molecule has 1 aliphatic heterocycles. The molecule has 0 unspecified atom stereocenters. The standard InChI is InChI=1S/C19H30N2O/c1-5-19(22)20(4)18-8-6-16(7-9-18)14-17-10-12-21(13-11-17)15(2)3/h6-9,15,17H,5,10-14H2,1-4H3. The van der Waals surface area contributed by atoms with Crippen LogP contribution in [0.1, 0.15) is 45.6 Å². The quantitative estimate of drug-likeness (QED) is 0.827. The largest absolute Gasteiger partial charge is 0.316 e. The highest BCUT2D eigenvalue weighted by Crippen LogP contribution is 2.24. The molecule has 0 spiro atoms. The second-order valence-corrected chi connectivity index (χ2v) is 6.75. The van der Waals surface area contributed by atoms with Crippen LogP contribution in [0.2, 0.25) is 0 Å². The summed E-state index contributed by atoms with van der Waals surface area (Å²) in [6.07, 6.45) is 4.31. The molecule has 1 aliphatic rings. The van der Waals surface area contributed by atoms with Gasteiger partial charge in [-0.25, -0.2) is 0 Å². The van der Waals surface area contributed by atoms with Crippen LogP contribution in [0.5, 0.6) is 0 Å². The number of hydrogen-bond acceptors (Lipinski definition) is 2. The maximum Gasteiger partial charge on any atom is 0.226 e. The molecule has 1 aromatic carbocycles. The van der Waals surface area contributed by atoms with E-state index in [2.05, 4.69) is 43.0 Å². The van der Waals surface area contributed by atoms with E-state index < -0.39 is 0 Å². The van der Waals surface area contributed by atoms with Crippen molar-refractivity contribution in [3.63, 3.8) is 0 Å². The van der Waals surface area contributed by atoms with Crippen LogP contribution >= 0.6 is 0 Å². The van der Waals surface area contributed by atoms with Gasteiger partial charge >= 0.3 is 0 Å². The normalized spacial score (nSPS) is 17.0. The van der Waals surface area contributed by atoms with Crippen LogP contribution in [-0.2, 0) is 11.2 Å². The molecule has 3 heteroatoms. The molecule has 1 amide bonds. The Morgan fingerprint density at radius 3 is 2.32 bits per heavy atom. The third kappa shape index (κ3) is 4.33. The number of amides is 1. The van der Waals surface area contributed by atoms with Crippen molar-refractivity contribution in [3.8, 4) is 0 Å². The van der Waals surface area contributed by atoms with Crippen LogP contribution in [0.25, 0.3) is 0 Å². The summed E-state index contributed by atoms with van der Waals surface area (Å²) < 4.78 is 0. The van der Waals surface area contributed by atoms with Gasteiger partial charge in [-0.05, 0) is 69.8 Å². The molecule has 3 nitrogen and oxygen atoms in total. The number of hydrogen-bond donors (Lipinski definition) is 0. The molecule has 0 radical (unpaired) electrons. The first-order chi connectivity index (χ1) is 10.5. The molecule has 1 fully saturated rings. The van der Waals surface area contributed by atoms with E-state index in [1.807, 2.05) is 14.0 Å². The highest BCUT2D eigenvalue weighted by atomic mass is 16.2. The number of piperidine rings is 1. The molecular formula is C19H30N2O. The van der Waals surface area contributed by atoms with Crippen molar-refractivity contribution in [1.29, 1.82) is 0 Å². The van der Waals surface area contributed by atoms with Gasteiger partial charge in [-0.15, -0.1) is 0 Å².